The molecule has 1 fully saturated rings. The van der Waals surface area contributed by atoms with Gasteiger partial charge in [0.1, 0.15) is 5.69 Å². The fourth-order valence-electron chi connectivity index (χ4n) is 3.21. The number of hydrogen-bond acceptors (Lipinski definition) is 5. The quantitative estimate of drug-likeness (QED) is 0.785. The van der Waals surface area contributed by atoms with Gasteiger partial charge in [-0.2, -0.15) is 0 Å². The van der Waals surface area contributed by atoms with Crippen LogP contribution >= 0.6 is 11.3 Å². The molecule has 0 atom stereocenters. The largest absolute Gasteiger partial charge is 0.348 e. The number of nitrogens with zero attached hydrogens (tertiary/aromatic N) is 4. The Hall–Kier alpha value is -2.41. The maximum Gasteiger partial charge on any atom is 0.269 e. The SMILES string of the molecule is Cc1ccc2nc(N3CCC(NC(=O)c4cncn4C)CC3)sc2c1. The number of aryl methyl sites for hydroxylation is 2. The number of anilines is 1. The third-order valence-electron chi connectivity index (χ3n) is 4.68. The van der Waals surface area contributed by atoms with Gasteiger partial charge in [0.05, 0.1) is 22.7 Å². The van der Waals surface area contributed by atoms with Crippen molar-refractivity contribution in [2.24, 2.45) is 7.05 Å². The summed E-state index contributed by atoms with van der Waals surface area (Å²) in [6, 6.07) is 6.59. The first-order valence-electron chi connectivity index (χ1n) is 8.49. The van der Waals surface area contributed by atoms with Crippen LogP contribution in [0.5, 0.6) is 0 Å². The molecule has 25 heavy (non-hydrogen) atoms. The average molecular weight is 355 g/mol. The molecule has 0 bridgehead atoms. The molecule has 2 aromatic heterocycles. The highest BCUT2D eigenvalue weighted by molar-refractivity contribution is 7.22. The van der Waals surface area contributed by atoms with Crippen LogP contribution < -0.4 is 10.2 Å². The first-order chi connectivity index (χ1) is 12.1. The van der Waals surface area contributed by atoms with Crippen LogP contribution in [-0.2, 0) is 7.05 Å². The molecule has 1 N–H and O–H groups in total. The van der Waals surface area contributed by atoms with Gasteiger partial charge in [0.2, 0.25) is 0 Å². The van der Waals surface area contributed by atoms with Gasteiger partial charge in [0, 0.05) is 26.2 Å². The molecule has 4 rings (SSSR count). The summed E-state index contributed by atoms with van der Waals surface area (Å²) in [5.74, 6) is -0.0473. The zero-order chi connectivity index (χ0) is 17.4. The normalized spacial score (nSPS) is 15.7. The van der Waals surface area contributed by atoms with E-state index in [2.05, 4.69) is 40.3 Å². The van der Waals surface area contributed by atoms with Gasteiger partial charge < -0.3 is 14.8 Å². The standard InChI is InChI=1S/C18H21N5OS/c1-12-3-4-14-16(9-12)25-18(21-14)23-7-5-13(6-8-23)20-17(24)15-10-19-11-22(15)2/h3-4,9-11,13H,5-8H2,1-2H3,(H,20,24). The minimum absolute atomic E-state index is 0.0473. The maximum absolute atomic E-state index is 12.3. The van der Waals surface area contributed by atoms with Crippen LogP contribution in [0, 0.1) is 6.92 Å². The number of benzene rings is 1. The second kappa shape index (κ2) is 6.48. The third kappa shape index (κ3) is 3.24. The van der Waals surface area contributed by atoms with E-state index in [4.69, 9.17) is 4.98 Å². The van der Waals surface area contributed by atoms with E-state index in [0.29, 0.717) is 5.69 Å². The number of nitrogens with one attached hydrogen (secondary N) is 1. The number of hydrogen-bond donors (Lipinski definition) is 1. The first kappa shape index (κ1) is 16.1. The molecule has 1 aromatic carbocycles. The summed E-state index contributed by atoms with van der Waals surface area (Å²) in [6.45, 7) is 3.93. The van der Waals surface area contributed by atoms with Gasteiger partial charge in [0.25, 0.3) is 5.91 Å². The van der Waals surface area contributed by atoms with E-state index in [0.717, 1.165) is 36.6 Å². The van der Waals surface area contributed by atoms with Gasteiger partial charge in [-0.3, -0.25) is 4.79 Å². The Morgan fingerprint density at radius 3 is 2.84 bits per heavy atom. The molecule has 3 aromatic rings. The summed E-state index contributed by atoms with van der Waals surface area (Å²) < 4.78 is 2.98. The van der Waals surface area contributed by atoms with E-state index < -0.39 is 0 Å². The van der Waals surface area contributed by atoms with Crippen molar-refractivity contribution in [2.75, 3.05) is 18.0 Å². The molecule has 130 valence electrons. The van der Waals surface area contributed by atoms with Crippen molar-refractivity contribution in [3.8, 4) is 0 Å². The van der Waals surface area contributed by atoms with Crippen LogP contribution in [0.2, 0.25) is 0 Å². The molecule has 0 spiro atoms. The van der Waals surface area contributed by atoms with Crippen molar-refractivity contribution < 1.29 is 4.79 Å². The summed E-state index contributed by atoms with van der Waals surface area (Å²) in [5, 5.41) is 4.21. The number of imidazole rings is 1. The van der Waals surface area contributed by atoms with Crippen LogP contribution in [0.1, 0.15) is 28.9 Å². The van der Waals surface area contributed by atoms with Crippen molar-refractivity contribution >= 4 is 32.6 Å². The van der Waals surface area contributed by atoms with E-state index in [1.54, 1.807) is 28.4 Å². The maximum atomic E-state index is 12.3. The smallest absolute Gasteiger partial charge is 0.269 e. The molecule has 1 amide bonds. The van der Waals surface area contributed by atoms with E-state index in [-0.39, 0.29) is 11.9 Å². The molecule has 1 aliphatic rings. The van der Waals surface area contributed by atoms with Gasteiger partial charge in [-0.15, -0.1) is 0 Å². The molecule has 1 saturated heterocycles. The first-order valence-corrected chi connectivity index (χ1v) is 9.31. The summed E-state index contributed by atoms with van der Waals surface area (Å²) in [5.41, 5.74) is 2.93. The van der Waals surface area contributed by atoms with Crippen LogP contribution in [0.15, 0.2) is 30.7 Å². The van der Waals surface area contributed by atoms with Crippen LogP contribution in [-0.4, -0.2) is 39.6 Å². The summed E-state index contributed by atoms with van der Waals surface area (Å²) in [4.78, 5) is 23.4. The highest BCUT2D eigenvalue weighted by Gasteiger charge is 2.23. The van der Waals surface area contributed by atoms with Crippen molar-refractivity contribution in [2.45, 2.75) is 25.8 Å². The molecule has 0 saturated carbocycles. The Kier molecular flexibility index (Phi) is 4.17. The second-order valence-electron chi connectivity index (χ2n) is 6.59. The molecule has 6 nitrogen and oxygen atoms in total. The Balaban J connectivity index is 1.39. The Morgan fingerprint density at radius 1 is 1.32 bits per heavy atom. The Morgan fingerprint density at radius 2 is 2.12 bits per heavy atom. The van der Waals surface area contributed by atoms with E-state index in [1.165, 1.54) is 10.3 Å². The number of thiazole rings is 1. The van der Waals surface area contributed by atoms with Crippen molar-refractivity contribution in [1.82, 2.24) is 19.9 Å². The summed E-state index contributed by atoms with van der Waals surface area (Å²) in [6.07, 6.45) is 5.11. The van der Waals surface area contributed by atoms with Crippen LogP contribution in [0.25, 0.3) is 10.2 Å². The molecular weight excluding hydrogens is 334 g/mol. The monoisotopic (exact) mass is 355 g/mol. The highest BCUT2D eigenvalue weighted by Crippen LogP contribution is 2.31. The van der Waals surface area contributed by atoms with Gasteiger partial charge in [-0.05, 0) is 37.5 Å². The molecule has 3 heterocycles. The lowest BCUT2D eigenvalue weighted by molar-refractivity contribution is 0.0923. The Bertz CT molecular complexity index is 907. The molecule has 0 aliphatic carbocycles. The number of aromatic nitrogens is 3. The molecular formula is C18H21N5OS. The molecule has 7 heteroatoms. The van der Waals surface area contributed by atoms with Crippen LogP contribution in [0.4, 0.5) is 5.13 Å². The zero-order valence-electron chi connectivity index (χ0n) is 14.4. The van der Waals surface area contributed by atoms with E-state index in [9.17, 15) is 4.79 Å². The topological polar surface area (TPSA) is 63.1 Å². The Labute approximate surface area is 150 Å². The van der Waals surface area contributed by atoms with Crippen LogP contribution in [0.3, 0.4) is 0 Å². The van der Waals surface area contributed by atoms with Gasteiger partial charge in [-0.25, -0.2) is 9.97 Å². The summed E-state index contributed by atoms with van der Waals surface area (Å²) >= 11 is 1.75. The number of amides is 1. The van der Waals surface area contributed by atoms with Crippen molar-refractivity contribution in [3.63, 3.8) is 0 Å². The predicted molar refractivity (Wildman–Crippen MR) is 100 cm³/mol. The molecule has 0 unspecified atom stereocenters. The van der Waals surface area contributed by atoms with E-state index >= 15 is 0 Å². The van der Waals surface area contributed by atoms with Gasteiger partial charge in [0.15, 0.2) is 5.13 Å². The van der Waals surface area contributed by atoms with Crippen molar-refractivity contribution in [1.29, 1.82) is 0 Å². The number of piperidine rings is 1. The third-order valence-corrected chi connectivity index (χ3v) is 5.76. The summed E-state index contributed by atoms with van der Waals surface area (Å²) in [7, 11) is 1.83. The van der Waals surface area contributed by atoms with E-state index in [1.807, 2.05) is 7.05 Å². The lowest BCUT2D eigenvalue weighted by atomic mass is 10.1. The number of fused-ring (bicyclic) bond motifs is 1. The lowest BCUT2D eigenvalue weighted by Gasteiger charge is -2.32. The average Bonchev–Trinajstić information content (AvgIpc) is 3.21. The van der Waals surface area contributed by atoms with Gasteiger partial charge in [-0.1, -0.05) is 17.4 Å². The molecule has 0 radical (unpaired) electrons. The van der Waals surface area contributed by atoms with Crippen molar-refractivity contribution in [3.05, 3.63) is 42.0 Å². The lowest BCUT2D eigenvalue weighted by Crippen LogP contribution is -2.45. The fraction of sp³-hybridized carbons (Fsp3) is 0.389. The number of carbonyl (C=O) groups is 1. The predicted octanol–water partition coefficient (Wildman–Crippen LogP) is 2.74. The minimum Gasteiger partial charge on any atom is -0.348 e. The zero-order valence-corrected chi connectivity index (χ0v) is 15.2. The number of carbonyl (C=O) groups excluding carboxylic acids is 1. The second-order valence-corrected chi connectivity index (χ2v) is 7.60. The molecule has 1 aliphatic heterocycles. The van der Waals surface area contributed by atoms with Gasteiger partial charge >= 0.3 is 0 Å². The minimum atomic E-state index is -0.0473. The highest BCUT2D eigenvalue weighted by atomic mass is 32.1. The number of rotatable bonds is 3. The fourth-order valence-corrected chi connectivity index (χ4v) is 4.32.